The maximum Gasteiger partial charge on any atom is 0.123 e. The first-order valence-electron chi connectivity index (χ1n) is 6.29. The van der Waals surface area contributed by atoms with Crippen LogP contribution in [-0.2, 0) is 7.05 Å². The summed E-state index contributed by atoms with van der Waals surface area (Å²) in [6.45, 7) is 3.48. The summed E-state index contributed by atoms with van der Waals surface area (Å²) in [5, 5.41) is 11.0. The Balaban J connectivity index is 1.59. The van der Waals surface area contributed by atoms with Gasteiger partial charge in [0.2, 0.25) is 0 Å². The lowest BCUT2D eigenvalue weighted by Gasteiger charge is -2.22. The van der Waals surface area contributed by atoms with Crippen molar-refractivity contribution in [1.29, 1.82) is 0 Å². The molecular weight excluding hydrogens is 200 g/mol. The van der Waals surface area contributed by atoms with Gasteiger partial charge in [0.15, 0.2) is 0 Å². The van der Waals surface area contributed by atoms with Crippen LogP contribution in [-0.4, -0.2) is 29.4 Å². The molecule has 0 aromatic carbocycles. The first-order valence-corrected chi connectivity index (χ1v) is 6.29. The third-order valence-electron chi connectivity index (χ3n) is 3.32. The molecular formula is C12H22N4. The van der Waals surface area contributed by atoms with Crippen molar-refractivity contribution in [3.8, 4) is 0 Å². The maximum absolute atomic E-state index is 4.13. The van der Waals surface area contributed by atoms with Crippen molar-refractivity contribution in [3.05, 3.63) is 12.3 Å². The lowest BCUT2D eigenvalue weighted by atomic mass is 9.95. The summed E-state index contributed by atoms with van der Waals surface area (Å²) in [4.78, 5) is 0. The van der Waals surface area contributed by atoms with Gasteiger partial charge in [-0.1, -0.05) is 0 Å². The number of piperidine rings is 1. The molecule has 0 radical (unpaired) electrons. The van der Waals surface area contributed by atoms with Crippen molar-refractivity contribution in [2.24, 2.45) is 13.0 Å². The third kappa shape index (κ3) is 3.23. The Hall–Kier alpha value is -1.03. The van der Waals surface area contributed by atoms with Gasteiger partial charge < -0.3 is 10.6 Å². The van der Waals surface area contributed by atoms with Crippen molar-refractivity contribution in [2.45, 2.75) is 25.7 Å². The van der Waals surface area contributed by atoms with E-state index in [1.807, 2.05) is 24.0 Å². The minimum atomic E-state index is 0.891. The summed E-state index contributed by atoms with van der Waals surface area (Å²) in [5.74, 6) is 2.00. The fourth-order valence-electron chi connectivity index (χ4n) is 2.32. The van der Waals surface area contributed by atoms with E-state index in [4.69, 9.17) is 0 Å². The first kappa shape index (κ1) is 11.5. The average Bonchev–Trinajstić information content (AvgIpc) is 2.72. The first-order chi connectivity index (χ1) is 7.86. The molecule has 4 heteroatoms. The molecule has 0 bridgehead atoms. The van der Waals surface area contributed by atoms with E-state index >= 15 is 0 Å². The van der Waals surface area contributed by atoms with E-state index in [0.29, 0.717) is 0 Å². The molecule has 1 aromatic heterocycles. The zero-order valence-electron chi connectivity index (χ0n) is 10.1. The van der Waals surface area contributed by atoms with E-state index in [1.165, 1.54) is 38.8 Å². The summed E-state index contributed by atoms with van der Waals surface area (Å²) in [7, 11) is 1.97. The van der Waals surface area contributed by atoms with Gasteiger partial charge in [-0.2, -0.15) is 5.10 Å². The standard InChI is InChI=1S/C12H22N4/c1-16-12(6-9-15-16)14-8-3-5-11-4-2-7-13-10-11/h6,9,11,13-14H,2-5,7-8,10H2,1H3. The van der Waals surface area contributed by atoms with E-state index < -0.39 is 0 Å². The zero-order chi connectivity index (χ0) is 11.2. The van der Waals surface area contributed by atoms with Crippen LogP contribution >= 0.6 is 0 Å². The highest BCUT2D eigenvalue weighted by atomic mass is 15.3. The molecule has 2 N–H and O–H groups in total. The van der Waals surface area contributed by atoms with Crippen molar-refractivity contribution in [1.82, 2.24) is 15.1 Å². The molecule has 0 spiro atoms. The molecule has 1 aliphatic heterocycles. The molecule has 16 heavy (non-hydrogen) atoms. The highest BCUT2D eigenvalue weighted by Gasteiger charge is 2.11. The molecule has 1 unspecified atom stereocenters. The van der Waals surface area contributed by atoms with Crippen LogP contribution in [0.15, 0.2) is 12.3 Å². The second-order valence-electron chi connectivity index (χ2n) is 4.62. The summed E-state index contributed by atoms with van der Waals surface area (Å²) in [6.07, 6.45) is 7.15. The molecule has 0 amide bonds. The second kappa shape index (κ2) is 5.89. The Labute approximate surface area is 97.4 Å². The molecule has 0 aliphatic carbocycles. The predicted octanol–water partition coefficient (Wildman–Crippen LogP) is 1.61. The summed E-state index contributed by atoms with van der Waals surface area (Å²) in [5.41, 5.74) is 0. The van der Waals surface area contributed by atoms with E-state index in [2.05, 4.69) is 15.7 Å². The monoisotopic (exact) mass is 222 g/mol. The lowest BCUT2D eigenvalue weighted by Crippen LogP contribution is -2.29. The average molecular weight is 222 g/mol. The number of hydrogen-bond donors (Lipinski definition) is 2. The highest BCUT2D eigenvalue weighted by Crippen LogP contribution is 2.15. The van der Waals surface area contributed by atoms with Gasteiger partial charge in [-0.05, 0) is 44.7 Å². The van der Waals surface area contributed by atoms with Crippen LogP contribution in [0.3, 0.4) is 0 Å². The van der Waals surface area contributed by atoms with Gasteiger partial charge in [-0.15, -0.1) is 0 Å². The second-order valence-corrected chi connectivity index (χ2v) is 4.62. The SMILES string of the molecule is Cn1nccc1NCCCC1CCCNC1. The van der Waals surface area contributed by atoms with Gasteiger partial charge in [-0.3, -0.25) is 4.68 Å². The normalized spacial score (nSPS) is 20.9. The summed E-state index contributed by atoms with van der Waals surface area (Å²) >= 11 is 0. The predicted molar refractivity (Wildman–Crippen MR) is 66.5 cm³/mol. The summed E-state index contributed by atoms with van der Waals surface area (Å²) in [6, 6.07) is 2.02. The molecule has 1 aromatic rings. The van der Waals surface area contributed by atoms with Crippen LogP contribution in [0.5, 0.6) is 0 Å². The van der Waals surface area contributed by atoms with Crippen LogP contribution < -0.4 is 10.6 Å². The van der Waals surface area contributed by atoms with Gasteiger partial charge in [-0.25, -0.2) is 0 Å². The highest BCUT2D eigenvalue weighted by molar-refractivity contribution is 5.33. The number of hydrogen-bond acceptors (Lipinski definition) is 3. The minimum Gasteiger partial charge on any atom is -0.370 e. The van der Waals surface area contributed by atoms with Crippen LogP contribution in [0.1, 0.15) is 25.7 Å². The Kier molecular flexibility index (Phi) is 4.22. The Bertz CT molecular complexity index is 302. The van der Waals surface area contributed by atoms with Crippen molar-refractivity contribution in [3.63, 3.8) is 0 Å². The molecule has 1 saturated heterocycles. The number of rotatable bonds is 5. The Morgan fingerprint density at radius 3 is 3.25 bits per heavy atom. The molecule has 2 heterocycles. The van der Waals surface area contributed by atoms with Crippen LogP contribution in [0, 0.1) is 5.92 Å². The number of aromatic nitrogens is 2. The number of nitrogens with one attached hydrogen (secondary N) is 2. The largest absolute Gasteiger partial charge is 0.370 e. The molecule has 1 fully saturated rings. The van der Waals surface area contributed by atoms with Crippen LogP contribution in [0.4, 0.5) is 5.82 Å². The molecule has 1 aliphatic rings. The van der Waals surface area contributed by atoms with Crippen molar-refractivity contribution < 1.29 is 0 Å². The van der Waals surface area contributed by atoms with Crippen LogP contribution in [0.25, 0.3) is 0 Å². The number of nitrogens with zero attached hydrogens (tertiary/aromatic N) is 2. The quantitative estimate of drug-likeness (QED) is 0.744. The smallest absolute Gasteiger partial charge is 0.123 e. The number of anilines is 1. The van der Waals surface area contributed by atoms with Crippen molar-refractivity contribution in [2.75, 3.05) is 25.0 Å². The zero-order valence-corrected chi connectivity index (χ0v) is 10.1. The molecule has 90 valence electrons. The van der Waals surface area contributed by atoms with E-state index in [9.17, 15) is 0 Å². The Morgan fingerprint density at radius 2 is 2.56 bits per heavy atom. The Morgan fingerprint density at radius 1 is 1.62 bits per heavy atom. The minimum absolute atomic E-state index is 0.891. The third-order valence-corrected chi connectivity index (χ3v) is 3.32. The number of aryl methyl sites for hydroxylation is 1. The van der Waals surface area contributed by atoms with E-state index in [0.717, 1.165) is 18.3 Å². The van der Waals surface area contributed by atoms with Crippen LogP contribution in [0.2, 0.25) is 0 Å². The van der Waals surface area contributed by atoms with E-state index in [-0.39, 0.29) is 0 Å². The van der Waals surface area contributed by atoms with Gasteiger partial charge in [0.25, 0.3) is 0 Å². The molecule has 2 rings (SSSR count). The summed E-state index contributed by atoms with van der Waals surface area (Å²) < 4.78 is 1.88. The fourth-order valence-corrected chi connectivity index (χ4v) is 2.32. The maximum atomic E-state index is 4.13. The van der Waals surface area contributed by atoms with Gasteiger partial charge in [0.05, 0.1) is 6.20 Å². The van der Waals surface area contributed by atoms with Gasteiger partial charge in [0.1, 0.15) is 5.82 Å². The van der Waals surface area contributed by atoms with E-state index in [1.54, 1.807) is 0 Å². The fraction of sp³-hybridized carbons (Fsp3) is 0.750. The van der Waals surface area contributed by atoms with Crippen molar-refractivity contribution >= 4 is 5.82 Å². The van der Waals surface area contributed by atoms with Gasteiger partial charge in [0, 0.05) is 19.7 Å². The molecule has 0 saturated carbocycles. The lowest BCUT2D eigenvalue weighted by molar-refractivity contribution is 0.353. The molecule has 4 nitrogen and oxygen atoms in total. The van der Waals surface area contributed by atoms with Gasteiger partial charge >= 0.3 is 0 Å². The molecule has 1 atom stereocenters. The topological polar surface area (TPSA) is 41.9 Å².